The second-order valence-corrected chi connectivity index (χ2v) is 8.50. The first kappa shape index (κ1) is 26.1. The van der Waals surface area contributed by atoms with Crippen molar-refractivity contribution < 1.29 is 19.7 Å². The Bertz CT molecular complexity index is 1150. The highest BCUT2D eigenvalue weighted by atomic mass is 35.5. The van der Waals surface area contributed by atoms with Gasteiger partial charge in [0.25, 0.3) is 0 Å². The highest BCUT2D eigenvalue weighted by molar-refractivity contribution is 5.92. The van der Waals surface area contributed by atoms with E-state index in [9.17, 15) is 15.0 Å². The highest BCUT2D eigenvalue weighted by Crippen LogP contribution is 2.47. The van der Waals surface area contributed by atoms with Gasteiger partial charge in [-0.3, -0.25) is 0 Å². The fraction of sp³-hybridized carbons (Fsp3) is 0.360. The zero-order chi connectivity index (χ0) is 23.8. The van der Waals surface area contributed by atoms with Crippen LogP contribution >= 0.6 is 12.4 Å². The van der Waals surface area contributed by atoms with Crippen molar-refractivity contribution >= 4 is 36.1 Å². The largest absolute Gasteiger partial charge is 0.507 e. The first-order valence-electron chi connectivity index (χ1n) is 10.7. The first-order valence-corrected chi connectivity index (χ1v) is 10.7. The number of phenols is 1. The minimum Gasteiger partial charge on any atom is -0.507 e. The Morgan fingerprint density at radius 3 is 2.45 bits per heavy atom. The van der Waals surface area contributed by atoms with E-state index in [0.29, 0.717) is 36.3 Å². The summed E-state index contributed by atoms with van der Waals surface area (Å²) in [5.41, 5.74) is 16.3. The monoisotopic (exact) mass is 473 g/mol. The number of hydrogen-bond acceptors (Lipinski definition) is 4. The van der Waals surface area contributed by atoms with Crippen molar-refractivity contribution in [1.82, 2.24) is 0 Å². The number of rotatable bonds is 5. The van der Waals surface area contributed by atoms with E-state index in [0.717, 1.165) is 39.1 Å². The van der Waals surface area contributed by atoms with Gasteiger partial charge in [-0.15, -0.1) is 12.4 Å². The summed E-state index contributed by atoms with van der Waals surface area (Å²) in [5.74, 6) is 0.0598. The van der Waals surface area contributed by atoms with Gasteiger partial charge >= 0.3 is 5.97 Å². The van der Waals surface area contributed by atoms with Crippen molar-refractivity contribution in [2.45, 2.75) is 59.5 Å². The van der Waals surface area contributed by atoms with E-state index < -0.39 is 11.6 Å². The number of carboxylic acids is 1. The van der Waals surface area contributed by atoms with Crippen LogP contribution in [0.4, 0.5) is 5.69 Å². The van der Waals surface area contributed by atoms with Crippen LogP contribution < -0.4 is 16.2 Å². The number of nitrogens with two attached hydrogens (primary N) is 2. The molecule has 0 bridgehead atoms. The third kappa shape index (κ3) is 4.93. The van der Waals surface area contributed by atoms with Crippen LogP contribution in [0.3, 0.4) is 0 Å². The molecule has 0 amide bonds. The van der Waals surface area contributed by atoms with E-state index in [-0.39, 0.29) is 18.4 Å². The molecule has 0 saturated heterocycles. The molecule has 2 aromatic carbocycles. The summed E-state index contributed by atoms with van der Waals surface area (Å²) in [4.78, 5) is 15.8. The Kier molecular flexibility index (Phi) is 7.70. The SMILES string of the molecule is CC/C(=C\c1ccc(N=C(N)N)cc1C1(C)CCc2c(C)c(O)c(C)c(C)c2O1)C(=O)O.Cl. The number of halogens is 1. The average Bonchev–Trinajstić information content (AvgIpc) is 2.74. The van der Waals surface area contributed by atoms with E-state index in [1.54, 1.807) is 12.1 Å². The second-order valence-electron chi connectivity index (χ2n) is 8.50. The molecule has 178 valence electrons. The number of aliphatic imine (C=N–C) groups is 1. The number of ether oxygens (including phenoxy) is 1. The molecule has 1 heterocycles. The summed E-state index contributed by atoms with van der Waals surface area (Å²) >= 11 is 0. The molecular weight excluding hydrogens is 442 g/mol. The molecule has 0 saturated carbocycles. The van der Waals surface area contributed by atoms with Gasteiger partial charge in [-0.1, -0.05) is 13.0 Å². The van der Waals surface area contributed by atoms with Gasteiger partial charge < -0.3 is 26.4 Å². The number of phenolic OH excluding ortho intramolecular Hbond substituents is 1. The van der Waals surface area contributed by atoms with Crippen molar-refractivity contribution in [3.05, 3.63) is 57.2 Å². The molecule has 1 aliphatic rings. The van der Waals surface area contributed by atoms with Crippen molar-refractivity contribution in [1.29, 1.82) is 0 Å². The summed E-state index contributed by atoms with van der Waals surface area (Å²) in [5, 5.41) is 20.0. The van der Waals surface area contributed by atoms with Crippen LogP contribution in [0.25, 0.3) is 6.08 Å². The standard InChI is InChI=1S/C25H31N3O4.ClH/c1-6-16(23(30)31)11-17-7-8-18(28-24(26)27)12-20(17)25(5)10-9-19-15(4)21(29)13(2)14(3)22(19)32-25;/h7-8,11-12,29H,6,9-10H2,1-5H3,(H,30,31)(H4,26,27,28);1H/b16-11+;. The van der Waals surface area contributed by atoms with Gasteiger partial charge in [0, 0.05) is 16.7 Å². The van der Waals surface area contributed by atoms with Crippen molar-refractivity contribution in [2.75, 3.05) is 0 Å². The van der Waals surface area contributed by atoms with Crippen LogP contribution in [-0.4, -0.2) is 22.1 Å². The average molecular weight is 474 g/mol. The lowest BCUT2D eigenvalue weighted by molar-refractivity contribution is -0.132. The van der Waals surface area contributed by atoms with Crippen molar-refractivity contribution in [3.8, 4) is 11.5 Å². The molecule has 0 spiro atoms. The van der Waals surface area contributed by atoms with Crippen LogP contribution in [0.2, 0.25) is 0 Å². The summed E-state index contributed by atoms with van der Waals surface area (Å²) in [6.07, 6.45) is 3.42. The zero-order valence-electron chi connectivity index (χ0n) is 19.7. The molecular formula is C25H32ClN3O4. The van der Waals surface area contributed by atoms with Gasteiger partial charge in [-0.05, 0) is 87.4 Å². The fourth-order valence-corrected chi connectivity index (χ4v) is 4.29. The molecule has 0 aliphatic carbocycles. The molecule has 1 aliphatic heterocycles. The number of hydrogen-bond donors (Lipinski definition) is 4. The number of guanidine groups is 1. The quantitative estimate of drug-likeness (QED) is 0.281. The van der Waals surface area contributed by atoms with Gasteiger partial charge in [0.15, 0.2) is 5.96 Å². The molecule has 0 aromatic heterocycles. The number of carboxylic acid groups (broad SMARTS) is 1. The molecule has 1 unspecified atom stereocenters. The number of benzene rings is 2. The van der Waals surface area contributed by atoms with Gasteiger partial charge in [-0.2, -0.15) is 0 Å². The molecule has 7 nitrogen and oxygen atoms in total. The van der Waals surface area contributed by atoms with E-state index in [2.05, 4.69) is 4.99 Å². The lowest BCUT2D eigenvalue weighted by atomic mass is 9.81. The zero-order valence-corrected chi connectivity index (χ0v) is 20.5. The minimum absolute atomic E-state index is 0. The van der Waals surface area contributed by atoms with Crippen LogP contribution in [0, 0.1) is 20.8 Å². The maximum Gasteiger partial charge on any atom is 0.331 e. The molecule has 2 aromatic rings. The maximum atomic E-state index is 11.7. The van der Waals surface area contributed by atoms with Gasteiger partial charge in [-0.25, -0.2) is 9.79 Å². The van der Waals surface area contributed by atoms with Crippen LogP contribution in [0.5, 0.6) is 11.5 Å². The van der Waals surface area contributed by atoms with Crippen LogP contribution in [0.15, 0.2) is 28.8 Å². The molecule has 8 heteroatoms. The van der Waals surface area contributed by atoms with Gasteiger partial charge in [0.05, 0.1) is 5.69 Å². The highest BCUT2D eigenvalue weighted by Gasteiger charge is 2.37. The Hall–Kier alpha value is -3.19. The molecule has 0 radical (unpaired) electrons. The van der Waals surface area contributed by atoms with Crippen molar-refractivity contribution in [3.63, 3.8) is 0 Å². The van der Waals surface area contributed by atoms with Gasteiger partial charge in [0.2, 0.25) is 0 Å². The normalized spacial score (nSPS) is 17.4. The van der Waals surface area contributed by atoms with Gasteiger partial charge in [0.1, 0.15) is 17.1 Å². The van der Waals surface area contributed by atoms with E-state index in [4.69, 9.17) is 16.2 Å². The Labute approximate surface area is 200 Å². The Morgan fingerprint density at radius 1 is 1.21 bits per heavy atom. The molecule has 0 fully saturated rings. The summed E-state index contributed by atoms with van der Waals surface area (Å²) in [6.45, 7) is 9.52. The summed E-state index contributed by atoms with van der Waals surface area (Å²) in [6, 6.07) is 5.42. The molecule has 3 rings (SSSR count). The number of fused-ring (bicyclic) bond motifs is 1. The van der Waals surface area contributed by atoms with E-state index in [1.165, 1.54) is 0 Å². The molecule has 6 N–H and O–H groups in total. The number of aromatic hydroxyl groups is 1. The number of aliphatic carboxylic acids is 1. The lowest BCUT2D eigenvalue weighted by Gasteiger charge is -2.39. The second kappa shape index (κ2) is 9.75. The topological polar surface area (TPSA) is 131 Å². The molecule has 1 atom stereocenters. The lowest BCUT2D eigenvalue weighted by Crippen LogP contribution is -2.35. The van der Waals surface area contributed by atoms with Crippen LogP contribution in [0.1, 0.15) is 60.1 Å². The third-order valence-electron chi connectivity index (χ3n) is 6.37. The predicted molar refractivity (Wildman–Crippen MR) is 134 cm³/mol. The molecule has 33 heavy (non-hydrogen) atoms. The first-order chi connectivity index (χ1) is 15.0. The Morgan fingerprint density at radius 2 is 1.88 bits per heavy atom. The Balaban J connectivity index is 0.00000385. The number of carbonyl (C=O) groups is 1. The summed E-state index contributed by atoms with van der Waals surface area (Å²) in [7, 11) is 0. The predicted octanol–water partition coefficient (Wildman–Crippen LogP) is 4.76. The van der Waals surface area contributed by atoms with E-state index >= 15 is 0 Å². The smallest absolute Gasteiger partial charge is 0.331 e. The minimum atomic E-state index is -0.954. The van der Waals surface area contributed by atoms with Crippen molar-refractivity contribution in [2.24, 2.45) is 16.5 Å². The van der Waals surface area contributed by atoms with Crippen LogP contribution in [-0.2, 0) is 16.8 Å². The fourth-order valence-electron chi connectivity index (χ4n) is 4.29. The van der Waals surface area contributed by atoms with E-state index in [1.807, 2.05) is 46.8 Å². The maximum absolute atomic E-state index is 11.7. The number of nitrogens with zero attached hydrogens (tertiary/aromatic N) is 1. The summed E-state index contributed by atoms with van der Waals surface area (Å²) < 4.78 is 6.63. The third-order valence-corrected chi connectivity index (χ3v) is 6.37.